The summed E-state index contributed by atoms with van der Waals surface area (Å²) in [5, 5.41) is 11.5. The lowest BCUT2D eigenvalue weighted by Crippen LogP contribution is -2.41. The van der Waals surface area contributed by atoms with Crippen LogP contribution in [0.3, 0.4) is 0 Å². The van der Waals surface area contributed by atoms with Gasteiger partial charge in [-0.05, 0) is 19.1 Å². The lowest BCUT2D eigenvalue weighted by Gasteiger charge is -2.31. The molecule has 4 nitrogen and oxygen atoms in total. The Kier molecular flexibility index (Phi) is 3.59. The van der Waals surface area contributed by atoms with Crippen LogP contribution in [-0.4, -0.2) is 35.5 Å². The average molecular weight is 273 g/mol. The Bertz CT molecular complexity index is 606. The standard InChI is InChI=1S/C16H19NO3/c1-12-5-6-13-3-2-4-14(15(13)17-12)20-11-16(18)7-9-19-10-8-16/h2-6,18H,7-11H2,1H3. The zero-order valence-electron chi connectivity index (χ0n) is 11.6. The number of hydrogen-bond acceptors (Lipinski definition) is 4. The van der Waals surface area contributed by atoms with Crippen molar-refractivity contribution in [2.75, 3.05) is 19.8 Å². The van der Waals surface area contributed by atoms with Crippen LogP contribution in [0, 0.1) is 6.92 Å². The molecular weight excluding hydrogens is 254 g/mol. The summed E-state index contributed by atoms with van der Waals surface area (Å²) in [6.07, 6.45) is 1.23. The van der Waals surface area contributed by atoms with Crippen molar-refractivity contribution in [2.45, 2.75) is 25.4 Å². The second-order valence-corrected chi connectivity index (χ2v) is 5.41. The normalized spacial score (nSPS) is 18.1. The molecule has 3 rings (SSSR count). The Morgan fingerprint density at radius 2 is 2.05 bits per heavy atom. The van der Waals surface area contributed by atoms with E-state index in [9.17, 15) is 5.11 Å². The van der Waals surface area contributed by atoms with E-state index >= 15 is 0 Å². The molecule has 0 atom stereocenters. The van der Waals surface area contributed by atoms with Gasteiger partial charge in [0, 0.05) is 37.1 Å². The van der Waals surface area contributed by atoms with E-state index in [4.69, 9.17) is 9.47 Å². The van der Waals surface area contributed by atoms with Crippen LogP contribution in [0.15, 0.2) is 30.3 Å². The molecule has 0 saturated carbocycles. The van der Waals surface area contributed by atoms with E-state index < -0.39 is 5.60 Å². The van der Waals surface area contributed by atoms with Gasteiger partial charge in [0.05, 0.1) is 0 Å². The average Bonchev–Trinajstić information content (AvgIpc) is 2.46. The molecule has 1 aliphatic heterocycles. The minimum absolute atomic E-state index is 0.283. The summed E-state index contributed by atoms with van der Waals surface area (Å²) in [6, 6.07) is 9.88. The van der Waals surface area contributed by atoms with Crippen LogP contribution in [-0.2, 0) is 4.74 Å². The molecule has 0 spiro atoms. The zero-order valence-corrected chi connectivity index (χ0v) is 11.6. The molecule has 0 aliphatic carbocycles. The van der Waals surface area contributed by atoms with Crippen LogP contribution in [0.2, 0.25) is 0 Å². The van der Waals surface area contributed by atoms with Crippen molar-refractivity contribution in [3.63, 3.8) is 0 Å². The van der Waals surface area contributed by atoms with Gasteiger partial charge in [-0.15, -0.1) is 0 Å². The topological polar surface area (TPSA) is 51.6 Å². The third kappa shape index (κ3) is 2.76. The van der Waals surface area contributed by atoms with Gasteiger partial charge < -0.3 is 14.6 Å². The Morgan fingerprint density at radius 3 is 2.85 bits per heavy atom. The fourth-order valence-corrected chi connectivity index (χ4v) is 2.44. The van der Waals surface area contributed by atoms with E-state index in [1.807, 2.05) is 37.3 Å². The smallest absolute Gasteiger partial charge is 0.145 e. The Labute approximate surface area is 118 Å². The van der Waals surface area contributed by atoms with Gasteiger partial charge in [-0.3, -0.25) is 0 Å². The first-order chi connectivity index (χ1) is 9.66. The van der Waals surface area contributed by atoms with Gasteiger partial charge in [-0.1, -0.05) is 18.2 Å². The van der Waals surface area contributed by atoms with Crippen LogP contribution in [0.4, 0.5) is 0 Å². The first kappa shape index (κ1) is 13.3. The van der Waals surface area contributed by atoms with Crippen molar-refractivity contribution in [3.05, 3.63) is 36.0 Å². The number of para-hydroxylation sites is 1. The number of fused-ring (bicyclic) bond motifs is 1. The Hall–Kier alpha value is -1.65. The highest BCUT2D eigenvalue weighted by Gasteiger charge is 2.30. The number of benzene rings is 1. The van der Waals surface area contributed by atoms with Crippen molar-refractivity contribution >= 4 is 10.9 Å². The summed E-state index contributed by atoms with van der Waals surface area (Å²) in [5.41, 5.74) is 1.02. The molecule has 106 valence electrons. The number of ether oxygens (including phenoxy) is 2. The molecule has 1 aliphatic rings. The number of aryl methyl sites for hydroxylation is 1. The van der Waals surface area contributed by atoms with E-state index in [0.717, 1.165) is 22.3 Å². The van der Waals surface area contributed by atoms with Crippen LogP contribution in [0.25, 0.3) is 10.9 Å². The molecule has 1 saturated heterocycles. The predicted octanol–water partition coefficient (Wildman–Crippen LogP) is 2.46. The summed E-state index contributed by atoms with van der Waals surface area (Å²) in [7, 11) is 0. The molecule has 2 heterocycles. The third-order valence-electron chi connectivity index (χ3n) is 3.74. The molecule has 4 heteroatoms. The lowest BCUT2D eigenvalue weighted by atomic mass is 9.96. The molecule has 0 radical (unpaired) electrons. The molecule has 0 bridgehead atoms. The minimum Gasteiger partial charge on any atom is -0.488 e. The summed E-state index contributed by atoms with van der Waals surface area (Å²) in [4.78, 5) is 4.53. The molecule has 1 fully saturated rings. The first-order valence-corrected chi connectivity index (χ1v) is 6.96. The summed E-state index contributed by atoms with van der Waals surface area (Å²) in [6.45, 7) is 3.42. The SMILES string of the molecule is Cc1ccc2cccc(OCC3(O)CCOCC3)c2n1. The van der Waals surface area contributed by atoms with Gasteiger partial charge >= 0.3 is 0 Å². The number of aromatic nitrogens is 1. The third-order valence-corrected chi connectivity index (χ3v) is 3.74. The number of pyridine rings is 1. The maximum atomic E-state index is 10.4. The van der Waals surface area contributed by atoms with Crippen LogP contribution in [0.1, 0.15) is 18.5 Å². The van der Waals surface area contributed by atoms with Crippen molar-refractivity contribution in [3.8, 4) is 5.75 Å². The maximum absolute atomic E-state index is 10.4. The van der Waals surface area contributed by atoms with E-state index in [-0.39, 0.29) is 6.61 Å². The second kappa shape index (κ2) is 5.38. The molecular formula is C16H19NO3. The van der Waals surface area contributed by atoms with Crippen LogP contribution >= 0.6 is 0 Å². The first-order valence-electron chi connectivity index (χ1n) is 6.96. The summed E-state index contributed by atoms with van der Waals surface area (Å²) >= 11 is 0. The molecule has 20 heavy (non-hydrogen) atoms. The van der Waals surface area contributed by atoms with Gasteiger partial charge in [0.15, 0.2) is 0 Å². The fraction of sp³-hybridized carbons (Fsp3) is 0.438. The molecule has 0 amide bonds. The van der Waals surface area contributed by atoms with Crippen molar-refractivity contribution in [1.29, 1.82) is 0 Å². The Balaban J connectivity index is 1.82. The quantitative estimate of drug-likeness (QED) is 0.933. The fourth-order valence-electron chi connectivity index (χ4n) is 2.44. The predicted molar refractivity (Wildman–Crippen MR) is 77.0 cm³/mol. The van der Waals surface area contributed by atoms with Gasteiger partial charge in [0.25, 0.3) is 0 Å². The van der Waals surface area contributed by atoms with Gasteiger partial charge in [0.1, 0.15) is 23.5 Å². The second-order valence-electron chi connectivity index (χ2n) is 5.41. The van der Waals surface area contributed by atoms with Crippen LogP contribution in [0.5, 0.6) is 5.75 Å². The molecule has 1 aromatic heterocycles. The van der Waals surface area contributed by atoms with Gasteiger partial charge in [0.2, 0.25) is 0 Å². The van der Waals surface area contributed by atoms with E-state index in [1.165, 1.54) is 0 Å². The van der Waals surface area contributed by atoms with E-state index in [0.29, 0.717) is 26.1 Å². The number of rotatable bonds is 3. The Morgan fingerprint density at radius 1 is 1.25 bits per heavy atom. The zero-order chi connectivity index (χ0) is 14.0. The molecule has 0 unspecified atom stereocenters. The monoisotopic (exact) mass is 273 g/mol. The van der Waals surface area contributed by atoms with Gasteiger partial charge in [-0.2, -0.15) is 0 Å². The van der Waals surface area contributed by atoms with Crippen molar-refractivity contribution in [2.24, 2.45) is 0 Å². The lowest BCUT2D eigenvalue weighted by molar-refractivity contribution is -0.0853. The number of hydrogen-bond donors (Lipinski definition) is 1. The maximum Gasteiger partial charge on any atom is 0.145 e. The highest BCUT2D eigenvalue weighted by atomic mass is 16.5. The van der Waals surface area contributed by atoms with E-state index in [2.05, 4.69) is 4.98 Å². The molecule has 1 N–H and O–H groups in total. The van der Waals surface area contributed by atoms with Gasteiger partial charge in [-0.25, -0.2) is 4.98 Å². The highest BCUT2D eigenvalue weighted by molar-refractivity contribution is 5.84. The van der Waals surface area contributed by atoms with Crippen molar-refractivity contribution in [1.82, 2.24) is 4.98 Å². The summed E-state index contributed by atoms with van der Waals surface area (Å²) < 4.78 is 11.1. The largest absolute Gasteiger partial charge is 0.488 e. The van der Waals surface area contributed by atoms with E-state index in [1.54, 1.807) is 0 Å². The summed E-state index contributed by atoms with van der Waals surface area (Å²) in [5.74, 6) is 0.728. The minimum atomic E-state index is -0.787. The molecule has 1 aromatic carbocycles. The van der Waals surface area contributed by atoms with Crippen molar-refractivity contribution < 1.29 is 14.6 Å². The number of nitrogens with zero attached hydrogens (tertiary/aromatic N) is 1. The molecule has 2 aromatic rings. The van der Waals surface area contributed by atoms with Crippen LogP contribution < -0.4 is 4.74 Å². The highest BCUT2D eigenvalue weighted by Crippen LogP contribution is 2.27. The number of aliphatic hydroxyl groups is 1.